The number of urea groups is 1. The molecule has 0 aromatic heterocycles. The summed E-state index contributed by atoms with van der Waals surface area (Å²) in [4.78, 5) is 12.2. The van der Waals surface area contributed by atoms with E-state index in [0.717, 1.165) is 37.0 Å². The first kappa shape index (κ1) is 17.1. The Morgan fingerprint density at radius 3 is 2.75 bits per heavy atom. The molecule has 3 N–H and O–H groups in total. The number of benzene rings is 1. The summed E-state index contributed by atoms with van der Waals surface area (Å²) in [6.45, 7) is 2.91. The predicted octanol–water partition coefficient (Wildman–Crippen LogP) is 2.94. The van der Waals surface area contributed by atoms with Gasteiger partial charge in [0.15, 0.2) is 0 Å². The number of amides is 2. The van der Waals surface area contributed by atoms with Gasteiger partial charge in [-0.15, -0.1) is 0 Å². The quantitative estimate of drug-likeness (QED) is 0.743. The molecular formula is C19H28N2O3. The lowest BCUT2D eigenvalue weighted by Gasteiger charge is -2.27. The van der Waals surface area contributed by atoms with Crippen LogP contribution in [-0.2, 0) is 0 Å². The minimum absolute atomic E-state index is 0.0302. The van der Waals surface area contributed by atoms with E-state index in [4.69, 9.17) is 4.74 Å². The van der Waals surface area contributed by atoms with E-state index in [1.165, 1.54) is 12.8 Å². The third-order valence-corrected chi connectivity index (χ3v) is 5.31. The maximum absolute atomic E-state index is 12.2. The number of carbonyl (C=O) groups excluding carboxylic acids is 1. The average molecular weight is 332 g/mol. The van der Waals surface area contributed by atoms with Crippen LogP contribution in [0, 0.1) is 0 Å². The Labute approximate surface area is 143 Å². The van der Waals surface area contributed by atoms with Gasteiger partial charge in [0, 0.05) is 24.1 Å². The van der Waals surface area contributed by atoms with Gasteiger partial charge >= 0.3 is 6.03 Å². The summed E-state index contributed by atoms with van der Waals surface area (Å²) in [5.74, 6) is 1.07. The Morgan fingerprint density at radius 1 is 1.29 bits per heavy atom. The zero-order valence-electron chi connectivity index (χ0n) is 14.4. The minimum Gasteiger partial charge on any atom is -0.493 e. The molecule has 1 aromatic rings. The average Bonchev–Trinajstić information content (AvgIpc) is 2.89. The Kier molecular flexibility index (Phi) is 5.29. The van der Waals surface area contributed by atoms with E-state index in [0.29, 0.717) is 13.2 Å². The standard InChI is InChI=1S/C19H28N2O3/c1-14(16-12-24-17-9-5-4-8-15(16)17)21-18(22)20-13-19(23)10-6-2-3-7-11-19/h4-5,8-9,14,16,23H,2-3,6-7,10-13H2,1H3,(H2,20,21,22). The van der Waals surface area contributed by atoms with E-state index in [1.807, 2.05) is 25.1 Å². The van der Waals surface area contributed by atoms with Crippen molar-refractivity contribution in [1.29, 1.82) is 0 Å². The number of hydrogen-bond donors (Lipinski definition) is 3. The molecule has 2 atom stereocenters. The van der Waals surface area contributed by atoms with Crippen molar-refractivity contribution in [3.05, 3.63) is 29.8 Å². The number of rotatable bonds is 4. The number of para-hydroxylation sites is 1. The summed E-state index contributed by atoms with van der Waals surface area (Å²) in [5, 5.41) is 16.5. The molecule has 1 saturated carbocycles. The molecule has 0 spiro atoms. The summed E-state index contributed by atoms with van der Waals surface area (Å²) < 4.78 is 5.69. The number of aliphatic hydroxyl groups is 1. The molecule has 1 aliphatic carbocycles. The molecule has 0 saturated heterocycles. The lowest BCUT2D eigenvalue weighted by molar-refractivity contribution is 0.0275. The minimum atomic E-state index is -0.750. The maximum Gasteiger partial charge on any atom is 0.315 e. The van der Waals surface area contributed by atoms with Crippen LogP contribution in [0.3, 0.4) is 0 Å². The molecule has 132 valence electrons. The van der Waals surface area contributed by atoms with Crippen LogP contribution in [0.4, 0.5) is 4.79 Å². The highest BCUT2D eigenvalue weighted by molar-refractivity contribution is 5.74. The Balaban J connectivity index is 1.50. The molecule has 5 heteroatoms. The van der Waals surface area contributed by atoms with Gasteiger partial charge in [-0.05, 0) is 25.8 Å². The highest BCUT2D eigenvalue weighted by Gasteiger charge is 2.31. The lowest BCUT2D eigenvalue weighted by Crippen LogP contribution is -2.49. The third-order valence-electron chi connectivity index (χ3n) is 5.31. The van der Waals surface area contributed by atoms with Gasteiger partial charge < -0.3 is 20.5 Å². The van der Waals surface area contributed by atoms with E-state index in [9.17, 15) is 9.90 Å². The van der Waals surface area contributed by atoms with Crippen LogP contribution in [0.5, 0.6) is 5.75 Å². The van der Waals surface area contributed by atoms with Gasteiger partial charge in [0.1, 0.15) is 5.75 Å². The SMILES string of the molecule is CC(NC(=O)NCC1(O)CCCCCC1)C1COc2ccccc21. The fourth-order valence-electron chi connectivity index (χ4n) is 3.77. The highest BCUT2D eigenvalue weighted by Crippen LogP contribution is 2.35. The zero-order chi connectivity index (χ0) is 17.0. The number of nitrogens with one attached hydrogen (secondary N) is 2. The molecule has 2 unspecified atom stereocenters. The summed E-state index contributed by atoms with van der Waals surface area (Å²) in [6, 6.07) is 7.72. The van der Waals surface area contributed by atoms with Crippen molar-refractivity contribution in [1.82, 2.24) is 10.6 Å². The van der Waals surface area contributed by atoms with Crippen molar-refractivity contribution >= 4 is 6.03 Å². The molecule has 2 aliphatic rings. The normalized spacial score (nSPS) is 23.5. The molecule has 0 radical (unpaired) electrons. The van der Waals surface area contributed by atoms with Crippen LogP contribution in [-0.4, -0.2) is 35.9 Å². The van der Waals surface area contributed by atoms with E-state index < -0.39 is 5.60 Å². The molecule has 24 heavy (non-hydrogen) atoms. The van der Waals surface area contributed by atoms with Crippen LogP contribution in [0.25, 0.3) is 0 Å². The van der Waals surface area contributed by atoms with E-state index in [1.54, 1.807) is 0 Å². The molecule has 3 rings (SSSR count). The van der Waals surface area contributed by atoms with Gasteiger partial charge in [0.25, 0.3) is 0 Å². The molecule has 1 aromatic carbocycles. The van der Waals surface area contributed by atoms with E-state index in [-0.39, 0.29) is 18.0 Å². The molecule has 1 aliphatic heterocycles. The predicted molar refractivity (Wildman–Crippen MR) is 93.3 cm³/mol. The topological polar surface area (TPSA) is 70.6 Å². The first-order valence-electron chi connectivity index (χ1n) is 9.06. The van der Waals surface area contributed by atoms with Gasteiger partial charge in [-0.3, -0.25) is 0 Å². The number of hydrogen-bond acceptors (Lipinski definition) is 3. The van der Waals surface area contributed by atoms with E-state index in [2.05, 4.69) is 16.7 Å². The van der Waals surface area contributed by atoms with Gasteiger partial charge in [0.05, 0.1) is 12.2 Å². The Hall–Kier alpha value is -1.75. The number of fused-ring (bicyclic) bond motifs is 1. The highest BCUT2D eigenvalue weighted by atomic mass is 16.5. The molecule has 1 fully saturated rings. The van der Waals surface area contributed by atoms with Crippen molar-refractivity contribution in [2.24, 2.45) is 0 Å². The van der Waals surface area contributed by atoms with Crippen LogP contribution in [0.1, 0.15) is 56.9 Å². The van der Waals surface area contributed by atoms with Gasteiger partial charge in [-0.2, -0.15) is 0 Å². The Bertz CT molecular complexity index is 567. The smallest absolute Gasteiger partial charge is 0.315 e. The first-order valence-corrected chi connectivity index (χ1v) is 9.06. The zero-order valence-corrected chi connectivity index (χ0v) is 14.4. The van der Waals surface area contributed by atoms with Crippen LogP contribution < -0.4 is 15.4 Å². The summed E-state index contributed by atoms with van der Waals surface area (Å²) in [6.07, 6.45) is 5.96. The second-order valence-corrected chi connectivity index (χ2v) is 7.21. The van der Waals surface area contributed by atoms with Gasteiger partial charge in [-0.25, -0.2) is 4.79 Å². The Morgan fingerprint density at radius 2 is 2.00 bits per heavy atom. The monoisotopic (exact) mass is 332 g/mol. The fraction of sp³-hybridized carbons (Fsp3) is 0.632. The van der Waals surface area contributed by atoms with Crippen molar-refractivity contribution in [3.8, 4) is 5.75 Å². The summed E-state index contributed by atoms with van der Waals surface area (Å²) in [7, 11) is 0. The number of ether oxygens (including phenoxy) is 1. The first-order chi connectivity index (χ1) is 11.6. The van der Waals surface area contributed by atoms with Gasteiger partial charge in [0.2, 0.25) is 0 Å². The van der Waals surface area contributed by atoms with Crippen LogP contribution in [0.2, 0.25) is 0 Å². The molecule has 5 nitrogen and oxygen atoms in total. The summed E-state index contributed by atoms with van der Waals surface area (Å²) >= 11 is 0. The molecule has 1 heterocycles. The third kappa shape index (κ3) is 4.01. The van der Waals surface area contributed by atoms with Crippen molar-refractivity contribution in [2.75, 3.05) is 13.2 Å². The molecule has 2 amide bonds. The number of carbonyl (C=O) groups is 1. The van der Waals surface area contributed by atoms with Crippen molar-refractivity contribution < 1.29 is 14.6 Å². The van der Waals surface area contributed by atoms with Gasteiger partial charge in [-0.1, -0.05) is 43.9 Å². The van der Waals surface area contributed by atoms with Crippen LogP contribution in [0.15, 0.2) is 24.3 Å². The lowest BCUT2D eigenvalue weighted by atomic mass is 9.94. The van der Waals surface area contributed by atoms with Crippen LogP contribution >= 0.6 is 0 Å². The van der Waals surface area contributed by atoms with Crippen molar-refractivity contribution in [2.45, 2.75) is 63.0 Å². The second kappa shape index (κ2) is 7.43. The van der Waals surface area contributed by atoms with E-state index >= 15 is 0 Å². The van der Waals surface area contributed by atoms with Crippen molar-refractivity contribution in [3.63, 3.8) is 0 Å². The maximum atomic E-state index is 12.2. The molecule has 0 bridgehead atoms. The molecular weight excluding hydrogens is 304 g/mol. The largest absolute Gasteiger partial charge is 0.493 e. The fourth-order valence-corrected chi connectivity index (χ4v) is 3.77. The summed E-state index contributed by atoms with van der Waals surface area (Å²) in [5.41, 5.74) is 0.396. The second-order valence-electron chi connectivity index (χ2n) is 7.21.